The molecule has 3 rings (SSSR count). The fourth-order valence-corrected chi connectivity index (χ4v) is 7.30. The molecule has 0 radical (unpaired) electrons. The summed E-state index contributed by atoms with van der Waals surface area (Å²) in [4.78, 5) is 15.0. The number of carbonyl (C=O) groups excluding carboxylic acids is 1. The monoisotopic (exact) mass is 429 g/mol. The van der Waals surface area contributed by atoms with E-state index in [0.717, 1.165) is 35.6 Å². The third-order valence-electron chi connectivity index (χ3n) is 5.89. The Morgan fingerprint density at radius 1 is 1.32 bits per heavy atom. The molecule has 158 valence electrons. The van der Waals surface area contributed by atoms with Crippen LogP contribution in [0.15, 0.2) is 11.0 Å². The van der Waals surface area contributed by atoms with Crippen molar-refractivity contribution in [3.8, 4) is 0 Å². The molecule has 8 heteroatoms. The van der Waals surface area contributed by atoms with E-state index in [4.69, 9.17) is 9.47 Å². The Balaban J connectivity index is 1.76. The van der Waals surface area contributed by atoms with Gasteiger partial charge < -0.3 is 9.47 Å². The number of sulfonamides is 1. The van der Waals surface area contributed by atoms with Crippen molar-refractivity contribution in [3.05, 3.63) is 15.8 Å². The Hall–Kier alpha value is -0.960. The van der Waals surface area contributed by atoms with E-state index in [-0.39, 0.29) is 12.1 Å². The van der Waals surface area contributed by atoms with Crippen molar-refractivity contribution in [3.63, 3.8) is 0 Å². The van der Waals surface area contributed by atoms with Gasteiger partial charge in [-0.25, -0.2) is 8.42 Å². The molecule has 0 N–H and O–H groups in total. The third kappa shape index (κ3) is 4.45. The lowest BCUT2D eigenvalue weighted by atomic mass is 9.73. The molecule has 0 aliphatic carbocycles. The molecule has 1 aromatic heterocycles. The number of hydrogen-bond donors (Lipinski definition) is 0. The van der Waals surface area contributed by atoms with Crippen molar-refractivity contribution in [1.29, 1.82) is 0 Å². The summed E-state index contributed by atoms with van der Waals surface area (Å²) in [6.07, 6.45) is 4.77. The maximum absolute atomic E-state index is 13.1. The molecule has 28 heavy (non-hydrogen) atoms. The summed E-state index contributed by atoms with van der Waals surface area (Å²) in [7, 11) is -3.53. The molecule has 2 aliphatic heterocycles. The standard InChI is InChI=1S/C20H31NO5S2/c1-4-25-19(22)20(14-17-7-5-6-12-26-17)8-10-21(11-9-20)28(23,24)18-13-15(2)27-16(18)3/h13,17H,4-12,14H2,1-3H3/t17-/m1/s1. The van der Waals surface area contributed by atoms with Crippen molar-refractivity contribution in [2.24, 2.45) is 5.41 Å². The van der Waals surface area contributed by atoms with Crippen LogP contribution in [0.5, 0.6) is 0 Å². The van der Waals surface area contributed by atoms with Gasteiger partial charge in [-0.3, -0.25) is 4.79 Å². The highest BCUT2D eigenvalue weighted by Crippen LogP contribution is 2.41. The number of piperidine rings is 1. The van der Waals surface area contributed by atoms with Crippen LogP contribution in [0.2, 0.25) is 0 Å². The molecule has 0 unspecified atom stereocenters. The second-order valence-electron chi connectivity index (χ2n) is 7.88. The summed E-state index contributed by atoms with van der Waals surface area (Å²) < 4.78 is 39.0. The highest BCUT2D eigenvalue weighted by molar-refractivity contribution is 7.89. The number of carbonyl (C=O) groups is 1. The first-order valence-electron chi connectivity index (χ1n) is 10.1. The Morgan fingerprint density at radius 3 is 2.57 bits per heavy atom. The van der Waals surface area contributed by atoms with Gasteiger partial charge in [0.25, 0.3) is 0 Å². The second kappa shape index (κ2) is 8.81. The van der Waals surface area contributed by atoms with Crippen LogP contribution < -0.4 is 0 Å². The van der Waals surface area contributed by atoms with Gasteiger partial charge in [0.1, 0.15) is 0 Å². The van der Waals surface area contributed by atoms with Gasteiger partial charge in [-0.05, 0) is 65.4 Å². The zero-order valence-electron chi connectivity index (χ0n) is 17.0. The topological polar surface area (TPSA) is 72.9 Å². The van der Waals surface area contributed by atoms with Gasteiger partial charge in [-0.1, -0.05) is 0 Å². The molecular formula is C20H31NO5S2. The van der Waals surface area contributed by atoms with Gasteiger partial charge in [0.2, 0.25) is 10.0 Å². The predicted molar refractivity (Wildman–Crippen MR) is 109 cm³/mol. The maximum atomic E-state index is 13.1. The summed E-state index contributed by atoms with van der Waals surface area (Å²) in [5, 5.41) is 0. The van der Waals surface area contributed by atoms with E-state index in [1.54, 1.807) is 6.07 Å². The molecule has 6 nitrogen and oxygen atoms in total. The number of thiophene rings is 1. The van der Waals surface area contributed by atoms with E-state index in [2.05, 4.69) is 0 Å². The minimum Gasteiger partial charge on any atom is -0.466 e. The van der Waals surface area contributed by atoms with Gasteiger partial charge in [0, 0.05) is 29.5 Å². The summed E-state index contributed by atoms with van der Waals surface area (Å²) in [6.45, 7) is 7.32. The van der Waals surface area contributed by atoms with Gasteiger partial charge in [0.05, 0.1) is 23.0 Å². The molecule has 2 saturated heterocycles. The zero-order chi connectivity index (χ0) is 20.4. The summed E-state index contributed by atoms with van der Waals surface area (Å²) in [5.74, 6) is -0.205. The number of rotatable bonds is 6. The molecule has 0 amide bonds. The van der Waals surface area contributed by atoms with Gasteiger partial charge in [0.15, 0.2) is 0 Å². The zero-order valence-corrected chi connectivity index (χ0v) is 18.7. The van der Waals surface area contributed by atoms with E-state index in [1.807, 2.05) is 20.8 Å². The first-order chi connectivity index (χ1) is 13.3. The van der Waals surface area contributed by atoms with Gasteiger partial charge in [-0.15, -0.1) is 11.3 Å². The molecule has 1 atom stereocenters. The lowest BCUT2D eigenvalue weighted by Crippen LogP contribution is -2.48. The Labute approximate surface area is 172 Å². The van der Waals surface area contributed by atoms with Crippen LogP contribution in [0, 0.1) is 19.3 Å². The number of nitrogens with zero attached hydrogens (tertiary/aromatic N) is 1. The summed E-state index contributed by atoms with van der Waals surface area (Å²) in [6, 6.07) is 1.75. The number of hydrogen-bond acceptors (Lipinski definition) is 6. The average molecular weight is 430 g/mol. The van der Waals surface area contributed by atoms with Gasteiger partial charge in [-0.2, -0.15) is 4.31 Å². The predicted octanol–water partition coefficient (Wildman–Crippen LogP) is 3.66. The molecule has 0 spiro atoms. The molecule has 0 bridgehead atoms. The fraction of sp³-hybridized carbons (Fsp3) is 0.750. The minimum absolute atomic E-state index is 0.0584. The molecular weight excluding hydrogens is 398 g/mol. The highest BCUT2D eigenvalue weighted by atomic mass is 32.2. The van der Waals surface area contributed by atoms with Crippen molar-refractivity contribution in [2.45, 2.75) is 70.3 Å². The Bertz CT molecular complexity index is 788. The van der Waals surface area contributed by atoms with Crippen LogP contribution in [0.3, 0.4) is 0 Å². The molecule has 0 saturated carbocycles. The Kier molecular flexibility index (Phi) is 6.84. The van der Waals surface area contributed by atoms with E-state index in [1.165, 1.54) is 15.6 Å². The van der Waals surface area contributed by atoms with Crippen molar-refractivity contribution < 1.29 is 22.7 Å². The number of esters is 1. The van der Waals surface area contributed by atoms with Crippen molar-refractivity contribution in [2.75, 3.05) is 26.3 Å². The smallest absolute Gasteiger partial charge is 0.312 e. The van der Waals surface area contributed by atoms with Crippen LogP contribution in [0.4, 0.5) is 0 Å². The SMILES string of the molecule is CCOC(=O)C1(C[C@H]2CCCCO2)CCN(S(=O)(=O)c2cc(C)sc2C)CC1. The number of aryl methyl sites for hydroxylation is 2. The highest BCUT2D eigenvalue weighted by Gasteiger charge is 2.46. The normalized spacial score (nSPS) is 23.5. The minimum atomic E-state index is -3.53. The number of ether oxygens (including phenoxy) is 2. The summed E-state index contributed by atoms with van der Waals surface area (Å²) >= 11 is 1.50. The van der Waals surface area contributed by atoms with Crippen molar-refractivity contribution in [1.82, 2.24) is 4.31 Å². The lowest BCUT2D eigenvalue weighted by molar-refractivity contribution is -0.162. The first kappa shape index (κ1) is 21.7. The van der Waals surface area contributed by atoms with Crippen LogP contribution in [0.1, 0.15) is 55.2 Å². The molecule has 2 fully saturated rings. The Morgan fingerprint density at radius 2 is 2.04 bits per heavy atom. The molecule has 0 aromatic carbocycles. The quantitative estimate of drug-likeness (QED) is 0.645. The van der Waals surface area contributed by atoms with Crippen LogP contribution >= 0.6 is 11.3 Å². The van der Waals surface area contributed by atoms with E-state index < -0.39 is 15.4 Å². The largest absolute Gasteiger partial charge is 0.466 e. The lowest BCUT2D eigenvalue weighted by Gasteiger charge is -2.41. The van der Waals surface area contributed by atoms with E-state index in [9.17, 15) is 13.2 Å². The summed E-state index contributed by atoms with van der Waals surface area (Å²) in [5.41, 5.74) is -0.649. The molecule has 3 heterocycles. The fourth-order valence-electron chi connectivity index (χ4n) is 4.34. The van der Waals surface area contributed by atoms with Gasteiger partial charge >= 0.3 is 5.97 Å². The first-order valence-corrected chi connectivity index (χ1v) is 12.4. The van der Waals surface area contributed by atoms with Crippen molar-refractivity contribution >= 4 is 27.3 Å². The van der Waals surface area contributed by atoms with Crippen LogP contribution in [-0.4, -0.2) is 51.1 Å². The van der Waals surface area contributed by atoms with Crippen LogP contribution in [0.25, 0.3) is 0 Å². The van der Waals surface area contributed by atoms with E-state index in [0.29, 0.717) is 43.9 Å². The molecule has 2 aliphatic rings. The van der Waals surface area contributed by atoms with Crippen LogP contribution in [-0.2, 0) is 24.3 Å². The third-order valence-corrected chi connectivity index (χ3v) is 9.01. The maximum Gasteiger partial charge on any atom is 0.312 e. The van der Waals surface area contributed by atoms with E-state index >= 15 is 0 Å². The second-order valence-corrected chi connectivity index (χ2v) is 11.2. The molecule has 1 aromatic rings. The average Bonchev–Trinajstić information content (AvgIpc) is 3.02.